The standard InChI is InChI=1S/C24H30O13/c1-6-15-16-7-8-30-22(29)17(16)9-32-23(15)37-24-21(35-14(5)28)20(34-13(4)27)19(33-12(3)26)18(36-24)10-31-11(2)25/h6,9,15-16,18-21,23-24H,1,7-8,10H2,2-5H3/t15?,16-,18+,19+,20-,21+,23?,24-/m0/s1. The fraction of sp³-hybridized carbons (Fsp3) is 0.625. The molecule has 0 aromatic heterocycles. The van der Waals surface area contributed by atoms with Gasteiger partial charge in [-0.05, 0) is 6.42 Å². The normalized spacial score (nSPS) is 32.9. The van der Waals surface area contributed by atoms with E-state index in [0.29, 0.717) is 12.0 Å². The minimum atomic E-state index is -1.43. The molecule has 0 amide bonds. The minimum Gasteiger partial charge on any atom is -0.471 e. The highest BCUT2D eigenvalue weighted by Gasteiger charge is 2.54. The van der Waals surface area contributed by atoms with Crippen LogP contribution < -0.4 is 0 Å². The Bertz CT molecular complexity index is 956. The first-order valence-electron chi connectivity index (χ1n) is 11.6. The molecule has 2 unspecified atom stereocenters. The van der Waals surface area contributed by atoms with Crippen molar-refractivity contribution in [3.8, 4) is 0 Å². The number of hydrogen-bond acceptors (Lipinski definition) is 13. The number of hydrogen-bond donors (Lipinski definition) is 0. The molecule has 0 saturated carbocycles. The number of ether oxygens (including phenoxy) is 8. The largest absolute Gasteiger partial charge is 0.471 e. The predicted octanol–water partition coefficient (Wildman–Crippen LogP) is 0.692. The van der Waals surface area contributed by atoms with Crippen LogP contribution in [0.1, 0.15) is 34.1 Å². The Morgan fingerprint density at radius 3 is 2.16 bits per heavy atom. The third kappa shape index (κ3) is 6.86. The third-order valence-electron chi connectivity index (χ3n) is 5.89. The smallest absolute Gasteiger partial charge is 0.337 e. The number of carbonyl (C=O) groups is 5. The molecule has 3 aliphatic rings. The van der Waals surface area contributed by atoms with Crippen molar-refractivity contribution in [2.24, 2.45) is 11.8 Å². The maximum atomic E-state index is 12.1. The lowest BCUT2D eigenvalue weighted by Gasteiger charge is -2.46. The van der Waals surface area contributed by atoms with Crippen LogP contribution in [0, 0.1) is 11.8 Å². The lowest BCUT2D eigenvalue weighted by Crippen LogP contribution is -2.63. The first-order valence-corrected chi connectivity index (χ1v) is 11.6. The van der Waals surface area contributed by atoms with Crippen molar-refractivity contribution in [1.29, 1.82) is 0 Å². The van der Waals surface area contributed by atoms with Crippen molar-refractivity contribution in [3.63, 3.8) is 0 Å². The van der Waals surface area contributed by atoms with E-state index in [4.69, 9.17) is 37.9 Å². The summed E-state index contributed by atoms with van der Waals surface area (Å²) in [5.74, 6) is -4.27. The van der Waals surface area contributed by atoms with Gasteiger partial charge in [0.25, 0.3) is 0 Å². The molecule has 0 radical (unpaired) electrons. The summed E-state index contributed by atoms with van der Waals surface area (Å²) in [5.41, 5.74) is 0.331. The maximum Gasteiger partial charge on any atom is 0.337 e. The van der Waals surface area contributed by atoms with Crippen molar-refractivity contribution >= 4 is 29.8 Å². The fourth-order valence-corrected chi connectivity index (χ4v) is 4.45. The molecule has 0 N–H and O–H groups in total. The summed E-state index contributed by atoms with van der Waals surface area (Å²) in [6, 6.07) is 0. The van der Waals surface area contributed by atoms with Crippen molar-refractivity contribution in [1.82, 2.24) is 0 Å². The average molecular weight is 526 g/mol. The second kappa shape index (κ2) is 12.2. The van der Waals surface area contributed by atoms with Crippen LogP contribution in [0.4, 0.5) is 0 Å². The van der Waals surface area contributed by atoms with E-state index >= 15 is 0 Å². The summed E-state index contributed by atoms with van der Waals surface area (Å²) in [7, 11) is 0. The van der Waals surface area contributed by atoms with E-state index in [1.165, 1.54) is 13.2 Å². The van der Waals surface area contributed by atoms with Gasteiger partial charge in [-0.15, -0.1) is 6.58 Å². The second-order valence-corrected chi connectivity index (χ2v) is 8.63. The zero-order valence-corrected chi connectivity index (χ0v) is 20.9. The zero-order chi connectivity index (χ0) is 27.3. The summed E-state index contributed by atoms with van der Waals surface area (Å²) in [6.07, 6.45) is -4.47. The van der Waals surface area contributed by atoms with Crippen LogP contribution in [0.5, 0.6) is 0 Å². The monoisotopic (exact) mass is 526 g/mol. The molecule has 13 nitrogen and oxygen atoms in total. The Labute approximate surface area is 212 Å². The zero-order valence-electron chi connectivity index (χ0n) is 20.9. The first kappa shape index (κ1) is 28.1. The van der Waals surface area contributed by atoms with E-state index in [0.717, 1.165) is 20.8 Å². The Hall–Kier alpha value is -3.45. The number of fused-ring (bicyclic) bond motifs is 1. The quantitative estimate of drug-likeness (QED) is 0.247. The molecule has 204 valence electrons. The summed E-state index contributed by atoms with van der Waals surface area (Å²) in [5, 5.41) is 0. The van der Waals surface area contributed by atoms with Gasteiger partial charge < -0.3 is 37.9 Å². The molecular formula is C24H30O13. The molecule has 8 atom stereocenters. The minimum absolute atomic E-state index is 0.205. The summed E-state index contributed by atoms with van der Waals surface area (Å²) < 4.78 is 44.0. The van der Waals surface area contributed by atoms with Gasteiger partial charge in [0.1, 0.15) is 12.7 Å². The van der Waals surface area contributed by atoms with Crippen LogP contribution >= 0.6 is 0 Å². The van der Waals surface area contributed by atoms with Gasteiger partial charge in [0.05, 0.1) is 18.4 Å². The molecule has 37 heavy (non-hydrogen) atoms. The highest BCUT2D eigenvalue weighted by molar-refractivity contribution is 5.89. The topological polar surface area (TPSA) is 159 Å². The molecule has 3 rings (SSSR count). The molecular weight excluding hydrogens is 496 g/mol. The van der Waals surface area contributed by atoms with Gasteiger partial charge in [0.2, 0.25) is 12.6 Å². The summed E-state index contributed by atoms with van der Waals surface area (Å²) >= 11 is 0. The molecule has 3 aliphatic heterocycles. The van der Waals surface area contributed by atoms with Crippen LogP contribution in [0.15, 0.2) is 24.5 Å². The Kier molecular flexibility index (Phi) is 9.27. The SMILES string of the molecule is C=CC1C(O[C@@H]2O[C@H](COC(C)=O)[C@@H](OC(C)=O)[C@H](OC(C)=O)[C@H]2OC(C)=O)OC=C2C(=O)OCC[C@H]21. The van der Waals surface area contributed by atoms with Crippen molar-refractivity contribution in [2.45, 2.75) is 71.1 Å². The first-order chi connectivity index (χ1) is 17.5. The third-order valence-corrected chi connectivity index (χ3v) is 5.89. The van der Waals surface area contributed by atoms with E-state index in [1.54, 1.807) is 6.08 Å². The Morgan fingerprint density at radius 1 is 0.946 bits per heavy atom. The summed E-state index contributed by atoms with van der Waals surface area (Å²) in [6.45, 7) is 8.18. The molecule has 0 bridgehead atoms. The maximum absolute atomic E-state index is 12.1. The molecule has 0 aliphatic carbocycles. The van der Waals surface area contributed by atoms with E-state index in [-0.39, 0.29) is 12.5 Å². The van der Waals surface area contributed by atoms with Crippen LogP contribution in [0.25, 0.3) is 0 Å². The van der Waals surface area contributed by atoms with Gasteiger partial charge in [-0.1, -0.05) is 6.08 Å². The molecule has 0 aromatic rings. The molecule has 2 fully saturated rings. The second-order valence-electron chi connectivity index (χ2n) is 8.63. The number of cyclic esters (lactones) is 1. The molecule has 0 spiro atoms. The predicted molar refractivity (Wildman–Crippen MR) is 119 cm³/mol. The lowest BCUT2D eigenvalue weighted by atomic mass is 9.81. The van der Waals surface area contributed by atoms with Gasteiger partial charge in [-0.25, -0.2) is 4.79 Å². The molecule has 3 heterocycles. The Morgan fingerprint density at radius 2 is 1.57 bits per heavy atom. The van der Waals surface area contributed by atoms with Crippen LogP contribution in [-0.2, 0) is 61.9 Å². The van der Waals surface area contributed by atoms with Crippen LogP contribution in [-0.4, -0.2) is 80.1 Å². The number of esters is 5. The molecule has 2 saturated heterocycles. The summed E-state index contributed by atoms with van der Waals surface area (Å²) in [4.78, 5) is 59.4. The number of rotatable bonds is 8. The van der Waals surface area contributed by atoms with Crippen molar-refractivity contribution in [3.05, 3.63) is 24.5 Å². The highest BCUT2D eigenvalue weighted by atomic mass is 16.8. The van der Waals surface area contributed by atoms with Crippen LogP contribution in [0.3, 0.4) is 0 Å². The van der Waals surface area contributed by atoms with E-state index in [9.17, 15) is 24.0 Å². The van der Waals surface area contributed by atoms with Gasteiger partial charge in [0, 0.05) is 39.5 Å². The van der Waals surface area contributed by atoms with E-state index in [1.807, 2.05) is 0 Å². The van der Waals surface area contributed by atoms with Gasteiger partial charge in [-0.3, -0.25) is 19.2 Å². The number of carbonyl (C=O) groups excluding carboxylic acids is 5. The van der Waals surface area contributed by atoms with Gasteiger partial charge in [0.15, 0.2) is 18.3 Å². The molecule has 0 aromatic carbocycles. The van der Waals surface area contributed by atoms with Gasteiger partial charge >= 0.3 is 29.8 Å². The van der Waals surface area contributed by atoms with E-state index in [2.05, 4.69) is 6.58 Å². The fourth-order valence-electron chi connectivity index (χ4n) is 4.45. The highest BCUT2D eigenvalue weighted by Crippen LogP contribution is 2.39. The average Bonchev–Trinajstić information content (AvgIpc) is 2.80. The lowest BCUT2D eigenvalue weighted by molar-refractivity contribution is -0.342. The van der Waals surface area contributed by atoms with E-state index < -0.39 is 79.4 Å². The van der Waals surface area contributed by atoms with Crippen LogP contribution in [0.2, 0.25) is 0 Å². The van der Waals surface area contributed by atoms with Crippen molar-refractivity contribution < 1.29 is 61.9 Å². The van der Waals surface area contributed by atoms with Crippen molar-refractivity contribution in [2.75, 3.05) is 13.2 Å². The van der Waals surface area contributed by atoms with Gasteiger partial charge in [-0.2, -0.15) is 0 Å². The Balaban J connectivity index is 1.96. The molecule has 13 heteroatoms.